The van der Waals surface area contributed by atoms with E-state index in [9.17, 15) is 0 Å². The Kier molecular flexibility index (Phi) is 2.60. The number of halogens is 1. The van der Waals surface area contributed by atoms with Crippen LogP contribution in [0.3, 0.4) is 0 Å². The Labute approximate surface area is 106 Å². The van der Waals surface area contributed by atoms with Gasteiger partial charge in [-0.3, -0.25) is 0 Å². The minimum Gasteiger partial charge on any atom is -0.325 e. The van der Waals surface area contributed by atoms with Crippen molar-refractivity contribution in [1.29, 1.82) is 0 Å². The summed E-state index contributed by atoms with van der Waals surface area (Å²) in [6.45, 7) is 0. The molecule has 0 amide bonds. The predicted octanol–water partition coefficient (Wildman–Crippen LogP) is 3.82. The van der Waals surface area contributed by atoms with Gasteiger partial charge >= 0.3 is 0 Å². The van der Waals surface area contributed by atoms with Gasteiger partial charge in [0.1, 0.15) is 0 Å². The van der Waals surface area contributed by atoms with Crippen LogP contribution >= 0.6 is 15.9 Å². The van der Waals surface area contributed by atoms with Gasteiger partial charge in [-0.1, -0.05) is 47.3 Å². The van der Waals surface area contributed by atoms with Crippen molar-refractivity contribution in [3.05, 3.63) is 34.3 Å². The van der Waals surface area contributed by atoms with Crippen molar-refractivity contribution in [2.24, 2.45) is 11.7 Å². The first kappa shape index (κ1) is 10.8. The largest absolute Gasteiger partial charge is 0.325 e. The Morgan fingerprint density at radius 3 is 2.50 bits per heavy atom. The van der Waals surface area contributed by atoms with E-state index in [1.165, 1.54) is 37.7 Å². The zero-order valence-corrected chi connectivity index (χ0v) is 11.0. The van der Waals surface area contributed by atoms with Crippen LogP contribution in [-0.2, 0) is 0 Å². The molecular weight excluding hydrogens is 262 g/mol. The Morgan fingerprint density at radius 1 is 1.25 bits per heavy atom. The van der Waals surface area contributed by atoms with E-state index in [1.807, 2.05) is 0 Å². The van der Waals surface area contributed by atoms with E-state index in [0.717, 1.165) is 10.4 Å². The fraction of sp³-hybridized carbons (Fsp3) is 0.571. The van der Waals surface area contributed by atoms with Crippen LogP contribution in [0.25, 0.3) is 0 Å². The highest BCUT2D eigenvalue weighted by atomic mass is 79.9. The summed E-state index contributed by atoms with van der Waals surface area (Å²) in [5, 5.41) is 0. The molecule has 1 nitrogen and oxygen atoms in total. The summed E-state index contributed by atoms with van der Waals surface area (Å²) in [6, 6.07) is 8.67. The maximum atomic E-state index is 6.46. The van der Waals surface area contributed by atoms with Crippen LogP contribution in [0.5, 0.6) is 0 Å². The molecule has 1 aromatic carbocycles. The molecule has 2 saturated carbocycles. The van der Waals surface area contributed by atoms with E-state index in [-0.39, 0.29) is 5.54 Å². The van der Waals surface area contributed by atoms with Gasteiger partial charge in [0.25, 0.3) is 0 Å². The molecule has 2 aliphatic carbocycles. The van der Waals surface area contributed by atoms with Gasteiger partial charge in [-0.25, -0.2) is 0 Å². The monoisotopic (exact) mass is 279 g/mol. The first-order valence-electron chi connectivity index (χ1n) is 6.22. The van der Waals surface area contributed by atoms with Crippen LogP contribution in [-0.4, -0.2) is 5.54 Å². The second kappa shape index (κ2) is 3.85. The molecule has 16 heavy (non-hydrogen) atoms. The molecule has 0 saturated heterocycles. The molecule has 86 valence electrons. The molecule has 0 radical (unpaired) electrons. The van der Waals surface area contributed by atoms with E-state index in [1.54, 1.807) is 0 Å². The third-order valence-corrected chi connectivity index (χ3v) is 4.81. The molecule has 0 bridgehead atoms. The summed E-state index contributed by atoms with van der Waals surface area (Å²) in [5.41, 5.74) is 8.00. The fourth-order valence-electron chi connectivity index (χ4n) is 2.93. The maximum absolute atomic E-state index is 6.46. The van der Waals surface area contributed by atoms with Crippen molar-refractivity contribution in [3.63, 3.8) is 0 Å². The zero-order chi connectivity index (χ0) is 11.2. The van der Waals surface area contributed by atoms with Gasteiger partial charge in [0.15, 0.2) is 0 Å². The highest BCUT2D eigenvalue weighted by Gasteiger charge is 2.52. The number of rotatable bonds is 3. The van der Waals surface area contributed by atoms with Crippen molar-refractivity contribution in [2.45, 2.75) is 43.6 Å². The molecule has 2 atom stereocenters. The molecule has 1 aromatic rings. The van der Waals surface area contributed by atoms with Crippen molar-refractivity contribution in [2.75, 3.05) is 0 Å². The topological polar surface area (TPSA) is 26.0 Å². The molecule has 0 heterocycles. The highest BCUT2D eigenvalue weighted by Crippen LogP contribution is 2.54. The van der Waals surface area contributed by atoms with Gasteiger partial charge in [-0.05, 0) is 36.5 Å². The molecule has 2 aliphatic rings. The predicted molar refractivity (Wildman–Crippen MR) is 70.4 cm³/mol. The second-order valence-electron chi connectivity index (χ2n) is 5.54. The van der Waals surface area contributed by atoms with Crippen molar-refractivity contribution in [1.82, 2.24) is 0 Å². The summed E-state index contributed by atoms with van der Waals surface area (Å²) in [6.07, 6.45) is 6.67. The van der Waals surface area contributed by atoms with Crippen LogP contribution in [0.1, 0.15) is 43.6 Å². The standard InChI is InChI=1S/C14H18BrN/c15-12-6-4-11(5-7-12)13-9-14(13,16)8-10-2-1-3-10/h4-7,10,13H,1-3,8-9,16H2. The Hall–Kier alpha value is -0.340. The van der Waals surface area contributed by atoms with E-state index < -0.39 is 0 Å². The average Bonchev–Trinajstić information content (AvgIpc) is 2.87. The smallest absolute Gasteiger partial charge is 0.0233 e. The van der Waals surface area contributed by atoms with Gasteiger partial charge in [0, 0.05) is 15.9 Å². The lowest BCUT2D eigenvalue weighted by Gasteiger charge is -2.28. The van der Waals surface area contributed by atoms with Gasteiger partial charge in [0.05, 0.1) is 0 Å². The van der Waals surface area contributed by atoms with E-state index in [2.05, 4.69) is 40.2 Å². The lowest BCUT2D eigenvalue weighted by molar-refractivity contribution is 0.267. The van der Waals surface area contributed by atoms with Crippen molar-refractivity contribution < 1.29 is 0 Å². The highest BCUT2D eigenvalue weighted by molar-refractivity contribution is 9.10. The molecule has 0 aliphatic heterocycles. The van der Waals surface area contributed by atoms with E-state index >= 15 is 0 Å². The number of hydrogen-bond acceptors (Lipinski definition) is 1. The fourth-order valence-corrected chi connectivity index (χ4v) is 3.19. The number of nitrogens with two attached hydrogens (primary N) is 1. The second-order valence-corrected chi connectivity index (χ2v) is 6.46. The molecular formula is C14H18BrN. The Bertz CT molecular complexity index is 382. The lowest BCUT2D eigenvalue weighted by Crippen LogP contribution is -2.30. The minimum absolute atomic E-state index is 0.124. The number of benzene rings is 1. The van der Waals surface area contributed by atoms with Crippen LogP contribution in [0.15, 0.2) is 28.7 Å². The first-order valence-corrected chi connectivity index (χ1v) is 7.01. The third-order valence-electron chi connectivity index (χ3n) is 4.28. The quantitative estimate of drug-likeness (QED) is 0.894. The molecule has 2 unspecified atom stereocenters. The Morgan fingerprint density at radius 2 is 1.94 bits per heavy atom. The van der Waals surface area contributed by atoms with Gasteiger partial charge in [0.2, 0.25) is 0 Å². The first-order chi connectivity index (χ1) is 7.67. The molecule has 0 aromatic heterocycles. The van der Waals surface area contributed by atoms with E-state index in [4.69, 9.17) is 5.73 Å². The van der Waals surface area contributed by atoms with Crippen molar-refractivity contribution >= 4 is 15.9 Å². The summed E-state index contributed by atoms with van der Waals surface area (Å²) in [5.74, 6) is 1.53. The summed E-state index contributed by atoms with van der Waals surface area (Å²) >= 11 is 3.47. The molecule has 2 fully saturated rings. The summed E-state index contributed by atoms with van der Waals surface area (Å²) in [4.78, 5) is 0. The lowest BCUT2D eigenvalue weighted by atomic mass is 9.79. The Balaban J connectivity index is 1.67. The van der Waals surface area contributed by atoms with Crippen LogP contribution in [0, 0.1) is 5.92 Å². The average molecular weight is 280 g/mol. The van der Waals surface area contributed by atoms with Gasteiger partial charge in [-0.15, -0.1) is 0 Å². The van der Waals surface area contributed by atoms with Gasteiger partial charge in [-0.2, -0.15) is 0 Å². The van der Waals surface area contributed by atoms with Crippen LogP contribution in [0.2, 0.25) is 0 Å². The van der Waals surface area contributed by atoms with E-state index in [0.29, 0.717) is 5.92 Å². The summed E-state index contributed by atoms with van der Waals surface area (Å²) in [7, 11) is 0. The minimum atomic E-state index is 0.124. The SMILES string of the molecule is NC1(CC2CCC2)CC1c1ccc(Br)cc1. The number of hydrogen-bond donors (Lipinski definition) is 1. The van der Waals surface area contributed by atoms with Gasteiger partial charge < -0.3 is 5.73 Å². The maximum Gasteiger partial charge on any atom is 0.0233 e. The summed E-state index contributed by atoms with van der Waals surface area (Å²) < 4.78 is 1.15. The zero-order valence-electron chi connectivity index (χ0n) is 9.45. The third kappa shape index (κ3) is 1.93. The molecule has 2 heteroatoms. The molecule has 2 N–H and O–H groups in total. The van der Waals surface area contributed by atoms with Crippen molar-refractivity contribution in [3.8, 4) is 0 Å². The molecule has 3 rings (SSSR count). The molecule has 0 spiro atoms. The van der Waals surface area contributed by atoms with Crippen LogP contribution < -0.4 is 5.73 Å². The van der Waals surface area contributed by atoms with Crippen LogP contribution in [0.4, 0.5) is 0 Å². The normalized spacial score (nSPS) is 33.5.